The van der Waals surface area contributed by atoms with E-state index in [1.165, 1.54) is 6.07 Å². The summed E-state index contributed by atoms with van der Waals surface area (Å²) in [4.78, 5) is 11.3. The maximum atomic E-state index is 10.6. The number of hydrogen-bond donors (Lipinski definition) is 1. The van der Waals surface area contributed by atoms with Crippen molar-refractivity contribution in [1.82, 2.24) is 4.83 Å². The van der Waals surface area contributed by atoms with E-state index in [4.69, 9.17) is 0 Å². The van der Waals surface area contributed by atoms with E-state index in [9.17, 15) is 18.5 Å². The van der Waals surface area contributed by atoms with Crippen molar-refractivity contribution in [1.29, 1.82) is 0 Å². The Kier molecular flexibility index (Phi) is 3.04. The van der Waals surface area contributed by atoms with Gasteiger partial charge in [-0.25, -0.2) is 13.2 Å². The molecule has 1 aromatic rings. The van der Waals surface area contributed by atoms with Gasteiger partial charge in [-0.2, -0.15) is 5.10 Å². The predicted octanol–water partition coefficient (Wildman–Crippen LogP) is 0.0709. The normalized spacial score (nSPS) is 11.8. The van der Waals surface area contributed by atoms with E-state index in [0.29, 0.717) is 0 Å². The number of hydrazone groups is 1. The van der Waals surface area contributed by atoms with E-state index in [1.54, 1.807) is 0 Å². The Morgan fingerprint density at radius 2 is 2.27 bits per heavy atom. The Hall–Kier alpha value is -1.90. The van der Waals surface area contributed by atoms with Crippen LogP contribution in [0.25, 0.3) is 0 Å². The van der Waals surface area contributed by atoms with Crippen LogP contribution in [0, 0.1) is 10.1 Å². The van der Waals surface area contributed by atoms with Gasteiger partial charge in [0.2, 0.25) is 10.0 Å². The third-order valence-corrected chi connectivity index (χ3v) is 1.64. The standard InChI is InChI=1S/C6H7N3O5S/c1-15(12,13)8-7-4-5-2-3-6(14-5)9(10)11/h2-4,8H,1H3/b7-4+. The van der Waals surface area contributed by atoms with Crippen molar-refractivity contribution in [2.75, 3.05) is 6.26 Å². The fraction of sp³-hybridized carbons (Fsp3) is 0.167. The number of nitrogens with zero attached hydrogens (tertiary/aromatic N) is 2. The highest BCUT2D eigenvalue weighted by molar-refractivity contribution is 7.88. The Morgan fingerprint density at radius 1 is 1.60 bits per heavy atom. The highest BCUT2D eigenvalue weighted by Gasteiger charge is 2.10. The summed E-state index contributed by atoms with van der Waals surface area (Å²) in [6.45, 7) is 0. The van der Waals surface area contributed by atoms with Crippen LogP contribution in [-0.2, 0) is 10.0 Å². The van der Waals surface area contributed by atoms with Crippen LogP contribution in [0.4, 0.5) is 5.88 Å². The van der Waals surface area contributed by atoms with Gasteiger partial charge in [0.25, 0.3) is 0 Å². The van der Waals surface area contributed by atoms with E-state index >= 15 is 0 Å². The molecule has 0 aliphatic heterocycles. The van der Waals surface area contributed by atoms with Crippen molar-refractivity contribution >= 4 is 22.1 Å². The molecule has 0 radical (unpaired) electrons. The van der Waals surface area contributed by atoms with Crippen LogP contribution < -0.4 is 4.83 Å². The topological polar surface area (TPSA) is 115 Å². The fourth-order valence-electron chi connectivity index (χ4n) is 0.695. The number of nitrogens with one attached hydrogen (secondary N) is 1. The van der Waals surface area contributed by atoms with Gasteiger partial charge in [0.15, 0.2) is 5.76 Å². The SMILES string of the molecule is CS(=O)(=O)N/N=C/c1ccc([N+](=O)[O-])o1. The third kappa shape index (κ3) is 3.77. The minimum Gasteiger partial charge on any atom is -0.400 e. The predicted molar refractivity (Wildman–Crippen MR) is 50.9 cm³/mol. The number of sulfonamides is 1. The second kappa shape index (κ2) is 4.09. The second-order valence-electron chi connectivity index (χ2n) is 2.55. The Labute approximate surface area is 84.8 Å². The van der Waals surface area contributed by atoms with Gasteiger partial charge >= 0.3 is 5.88 Å². The molecule has 0 amide bonds. The molecule has 0 spiro atoms. The molecule has 8 nitrogen and oxygen atoms in total. The summed E-state index contributed by atoms with van der Waals surface area (Å²) in [6, 6.07) is 2.44. The molecule has 0 atom stereocenters. The first-order chi connectivity index (χ1) is 6.88. The molecule has 82 valence electrons. The van der Waals surface area contributed by atoms with Crippen molar-refractivity contribution < 1.29 is 17.8 Å². The van der Waals surface area contributed by atoms with Gasteiger partial charge in [0, 0.05) is 0 Å². The van der Waals surface area contributed by atoms with Crippen molar-refractivity contribution in [3.63, 3.8) is 0 Å². The molecule has 0 fully saturated rings. The lowest BCUT2D eigenvalue weighted by Gasteiger charge is -1.91. The molecule has 1 heterocycles. The molecule has 9 heteroatoms. The van der Waals surface area contributed by atoms with Crippen LogP contribution in [0.15, 0.2) is 21.7 Å². The minimum absolute atomic E-state index is 0.0813. The Bertz CT molecular complexity index is 489. The molecule has 15 heavy (non-hydrogen) atoms. The molecule has 0 aliphatic rings. The number of nitro groups is 1. The van der Waals surface area contributed by atoms with E-state index in [-0.39, 0.29) is 5.76 Å². The maximum Gasteiger partial charge on any atom is 0.433 e. The van der Waals surface area contributed by atoms with E-state index in [1.807, 2.05) is 4.83 Å². The molecule has 0 saturated carbocycles. The Morgan fingerprint density at radius 3 is 2.73 bits per heavy atom. The zero-order valence-corrected chi connectivity index (χ0v) is 8.39. The number of rotatable bonds is 4. The van der Waals surface area contributed by atoms with Gasteiger partial charge in [-0.3, -0.25) is 10.1 Å². The summed E-state index contributed by atoms with van der Waals surface area (Å²) in [5, 5.41) is 13.5. The van der Waals surface area contributed by atoms with Gasteiger partial charge in [-0.15, -0.1) is 0 Å². The summed E-state index contributed by atoms with van der Waals surface area (Å²) < 4.78 is 25.8. The van der Waals surface area contributed by atoms with Gasteiger partial charge in [-0.05, 0) is 6.07 Å². The summed E-state index contributed by atoms with van der Waals surface area (Å²) in [6.07, 6.45) is 1.95. The molecule has 0 aliphatic carbocycles. The highest BCUT2D eigenvalue weighted by Crippen LogP contribution is 2.13. The second-order valence-corrected chi connectivity index (χ2v) is 4.28. The quantitative estimate of drug-likeness (QED) is 0.449. The van der Waals surface area contributed by atoms with Crippen LogP contribution >= 0.6 is 0 Å². The van der Waals surface area contributed by atoms with E-state index in [2.05, 4.69) is 9.52 Å². The van der Waals surface area contributed by atoms with E-state index < -0.39 is 20.8 Å². The molecule has 1 rings (SSSR count). The largest absolute Gasteiger partial charge is 0.433 e. The molecule has 0 aromatic carbocycles. The third-order valence-electron chi connectivity index (χ3n) is 1.20. The summed E-state index contributed by atoms with van der Waals surface area (Å²) in [7, 11) is -3.43. The lowest BCUT2D eigenvalue weighted by molar-refractivity contribution is -0.402. The van der Waals surface area contributed by atoms with Crippen LogP contribution in [0.5, 0.6) is 0 Å². The van der Waals surface area contributed by atoms with Crippen molar-refractivity contribution in [2.24, 2.45) is 5.10 Å². The average molecular weight is 233 g/mol. The Balaban J connectivity index is 2.69. The van der Waals surface area contributed by atoms with Crippen LogP contribution in [0.2, 0.25) is 0 Å². The molecule has 1 aromatic heterocycles. The first kappa shape index (κ1) is 11.2. The molecule has 0 saturated heterocycles. The average Bonchev–Trinajstić information content (AvgIpc) is 2.50. The lowest BCUT2D eigenvalue weighted by atomic mass is 10.5. The molecule has 0 bridgehead atoms. The minimum atomic E-state index is -3.43. The molecular formula is C6H7N3O5S. The van der Waals surface area contributed by atoms with Crippen LogP contribution in [-0.4, -0.2) is 25.8 Å². The zero-order valence-electron chi connectivity index (χ0n) is 7.58. The zero-order chi connectivity index (χ0) is 11.5. The summed E-state index contributed by atoms with van der Waals surface area (Å²) in [5.74, 6) is -0.353. The number of hydrogen-bond acceptors (Lipinski definition) is 6. The number of furan rings is 1. The fourth-order valence-corrected chi connectivity index (χ4v) is 0.940. The van der Waals surface area contributed by atoms with Crippen LogP contribution in [0.1, 0.15) is 5.76 Å². The van der Waals surface area contributed by atoms with E-state index in [0.717, 1.165) is 18.5 Å². The summed E-state index contributed by atoms with van der Waals surface area (Å²) >= 11 is 0. The molecule has 0 unspecified atom stereocenters. The van der Waals surface area contributed by atoms with Gasteiger partial charge in [-0.1, -0.05) is 0 Å². The first-order valence-corrected chi connectivity index (χ1v) is 5.52. The summed E-state index contributed by atoms with van der Waals surface area (Å²) in [5.41, 5.74) is 0. The van der Waals surface area contributed by atoms with Gasteiger partial charge in [0.1, 0.15) is 4.92 Å². The van der Waals surface area contributed by atoms with Gasteiger partial charge < -0.3 is 4.42 Å². The first-order valence-electron chi connectivity index (χ1n) is 3.62. The van der Waals surface area contributed by atoms with Crippen LogP contribution in [0.3, 0.4) is 0 Å². The maximum absolute atomic E-state index is 10.6. The van der Waals surface area contributed by atoms with Crippen molar-refractivity contribution in [2.45, 2.75) is 0 Å². The van der Waals surface area contributed by atoms with Crippen molar-refractivity contribution in [3.05, 3.63) is 28.0 Å². The van der Waals surface area contributed by atoms with Crippen molar-refractivity contribution in [3.8, 4) is 0 Å². The molecular weight excluding hydrogens is 226 g/mol. The molecule has 1 N–H and O–H groups in total. The monoisotopic (exact) mass is 233 g/mol. The highest BCUT2D eigenvalue weighted by atomic mass is 32.2. The van der Waals surface area contributed by atoms with Gasteiger partial charge in [0.05, 0.1) is 18.5 Å². The smallest absolute Gasteiger partial charge is 0.400 e. The lowest BCUT2D eigenvalue weighted by Crippen LogP contribution is -2.15.